The molecule has 0 N–H and O–H groups in total. The minimum absolute atomic E-state index is 1.34. The molecule has 0 saturated heterocycles. The van der Waals surface area contributed by atoms with Crippen molar-refractivity contribution in [2.75, 3.05) is 0 Å². The monoisotopic (exact) mass is 680 g/mol. The van der Waals surface area contributed by atoms with Gasteiger partial charge in [-0.1, -0.05) is 0 Å². The van der Waals surface area contributed by atoms with Crippen LogP contribution in [0, 0.1) is 83.1 Å². The third kappa shape index (κ3) is 6.82. The van der Waals surface area contributed by atoms with E-state index in [1.165, 1.54) is 72.3 Å². The molecule has 0 unspecified atom stereocenters. The van der Waals surface area contributed by atoms with Crippen molar-refractivity contribution in [3.8, 4) is 0 Å². The second-order valence-electron chi connectivity index (χ2n) is 13.8. The van der Waals surface area contributed by atoms with E-state index in [1.54, 1.807) is 23.6 Å². The molecule has 0 bridgehead atoms. The summed E-state index contributed by atoms with van der Waals surface area (Å²) < 4.78 is 4.79. The van der Waals surface area contributed by atoms with Gasteiger partial charge in [0.05, 0.1) is 0 Å². The van der Waals surface area contributed by atoms with Gasteiger partial charge in [-0.25, -0.2) is 0 Å². The summed E-state index contributed by atoms with van der Waals surface area (Å²) in [6, 6.07) is 30.7. The zero-order chi connectivity index (χ0) is 33.4. The fraction of sp³-hybridized carbons (Fsp3) is 0.273. The quantitative estimate of drug-likeness (QED) is 0.152. The Bertz CT molecular complexity index is 1750. The van der Waals surface area contributed by atoms with E-state index in [0.29, 0.717) is 0 Å². The molecule has 0 nitrogen and oxygen atoms in total. The van der Waals surface area contributed by atoms with Gasteiger partial charge in [0, 0.05) is 0 Å². The molecule has 5 aromatic rings. The summed E-state index contributed by atoms with van der Waals surface area (Å²) in [6.45, 7) is 27.8. The molecule has 0 heterocycles. The standard InChI is InChI=1S/C44H50GeSi/c1-27-18-31(5)41(32(6)19-27)45(42-33(7)20-28(2)21-34(42)8)40(39-16-14-13-15-17-39)26-46(43-35(9)22-29(3)23-36(43)10)44-37(11)24-30(4)25-38(44)12/h13-26H,1-12H3/b40-26-. The first kappa shape index (κ1) is 33.9. The zero-order valence-corrected chi connectivity index (χ0v) is 33.2. The molecular weight excluding hydrogens is 629 g/mol. The van der Waals surface area contributed by atoms with Gasteiger partial charge in [-0.3, -0.25) is 0 Å². The molecule has 2 radical (unpaired) electrons. The van der Waals surface area contributed by atoms with Crippen LogP contribution in [0.2, 0.25) is 0 Å². The summed E-state index contributed by atoms with van der Waals surface area (Å²) >= 11 is -2.41. The minimum atomic E-state index is -2.41. The molecular formula is C44H50GeSi. The summed E-state index contributed by atoms with van der Waals surface area (Å²) in [5.41, 5.74) is 21.0. The van der Waals surface area contributed by atoms with Gasteiger partial charge in [0.15, 0.2) is 0 Å². The van der Waals surface area contributed by atoms with E-state index in [4.69, 9.17) is 0 Å². The fourth-order valence-electron chi connectivity index (χ4n) is 8.08. The molecule has 5 aromatic carbocycles. The summed E-state index contributed by atoms with van der Waals surface area (Å²) in [7, 11) is -1.34. The maximum absolute atomic E-state index is 2.82. The topological polar surface area (TPSA) is 0 Å². The molecule has 0 amide bonds. The Morgan fingerprint density at radius 1 is 0.435 bits per heavy atom. The second-order valence-corrected chi connectivity index (χ2v) is 20.7. The van der Waals surface area contributed by atoms with Crippen molar-refractivity contribution in [3.63, 3.8) is 0 Å². The van der Waals surface area contributed by atoms with E-state index in [-0.39, 0.29) is 0 Å². The molecule has 0 saturated carbocycles. The predicted octanol–water partition coefficient (Wildman–Crippen LogP) is 8.47. The Morgan fingerprint density at radius 3 is 1.07 bits per heavy atom. The molecule has 0 atom stereocenters. The van der Waals surface area contributed by atoms with Crippen LogP contribution < -0.4 is 19.2 Å². The summed E-state index contributed by atoms with van der Waals surface area (Å²) in [4.78, 5) is 0. The van der Waals surface area contributed by atoms with Gasteiger partial charge < -0.3 is 0 Å². The Hall–Kier alpha value is -3.40. The first-order valence-corrected chi connectivity index (χ1v) is 21.3. The average molecular weight is 680 g/mol. The summed E-state index contributed by atoms with van der Waals surface area (Å²) in [5.74, 6) is 0. The van der Waals surface area contributed by atoms with Crippen LogP contribution >= 0.6 is 0 Å². The Kier molecular flexibility index (Phi) is 10.2. The maximum atomic E-state index is 2.82. The van der Waals surface area contributed by atoms with E-state index < -0.39 is 23.1 Å². The van der Waals surface area contributed by atoms with E-state index in [2.05, 4.69) is 168 Å². The predicted molar refractivity (Wildman–Crippen MR) is 207 cm³/mol. The van der Waals surface area contributed by atoms with E-state index in [0.717, 1.165) is 0 Å². The third-order valence-corrected chi connectivity index (χ3v) is 20.7. The van der Waals surface area contributed by atoms with Crippen molar-refractivity contribution in [2.24, 2.45) is 0 Å². The molecule has 234 valence electrons. The first-order chi connectivity index (χ1) is 21.8. The normalized spacial score (nSPS) is 12.0. The molecule has 2 heteroatoms. The van der Waals surface area contributed by atoms with Crippen LogP contribution in [0.25, 0.3) is 4.41 Å². The molecule has 5 rings (SSSR count). The van der Waals surface area contributed by atoms with Gasteiger partial charge in [0.1, 0.15) is 0 Å². The van der Waals surface area contributed by atoms with Crippen LogP contribution in [-0.4, -0.2) is 23.1 Å². The number of hydrogen-bond acceptors (Lipinski definition) is 0. The van der Waals surface area contributed by atoms with Gasteiger partial charge in [-0.05, 0) is 0 Å². The van der Waals surface area contributed by atoms with Crippen LogP contribution in [0.5, 0.6) is 0 Å². The molecule has 46 heavy (non-hydrogen) atoms. The average Bonchev–Trinajstić information content (AvgIpc) is 2.93. The van der Waals surface area contributed by atoms with Crippen LogP contribution in [0.1, 0.15) is 72.3 Å². The van der Waals surface area contributed by atoms with Crippen molar-refractivity contribution in [1.29, 1.82) is 0 Å². The third-order valence-electron chi connectivity index (χ3n) is 9.39. The summed E-state index contributed by atoms with van der Waals surface area (Å²) in [5, 5.41) is 3.10. The second kappa shape index (κ2) is 13.8. The van der Waals surface area contributed by atoms with Crippen LogP contribution in [-0.2, 0) is 0 Å². The molecule has 0 aliphatic rings. The van der Waals surface area contributed by atoms with Crippen molar-refractivity contribution in [2.45, 2.75) is 83.1 Å². The number of aryl methyl sites for hydroxylation is 12. The molecule has 0 aliphatic carbocycles. The molecule has 0 aromatic heterocycles. The van der Waals surface area contributed by atoms with Crippen molar-refractivity contribution in [1.82, 2.24) is 0 Å². The van der Waals surface area contributed by atoms with Gasteiger partial charge in [-0.15, -0.1) is 0 Å². The zero-order valence-electron chi connectivity index (χ0n) is 30.1. The van der Waals surface area contributed by atoms with Crippen LogP contribution in [0.15, 0.2) is 84.6 Å². The Labute approximate surface area is 285 Å². The number of benzene rings is 5. The Balaban J connectivity index is 1.98. The number of rotatable bonds is 7. The SMILES string of the molecule is Cc1cc(C)c([Si](/C=[C](/c2ccccc2)[Ge]([c]2c(C)cc(C)cc2C)[c]2c(C)cc(C)cc2C)c2c(C)cc(C)cc2C)c(C)c1. The van der Waals surface area contributed by atoms with Crippen molar-refractivity contribution < 1.29 is 0 Å². The van der Waals surface area contributed by atoms with Gasteiger partial charge in [-0.2, -0.15) is 0 Å². The van der Waals surface area contributed by atoms with Crippen molar-refractivity contribution in [3.05, 3.63) is 157 Å². The van der Waals surface area contributed by atoms with Crippen LogP contribution in [0.3, 0.4) is 0 Å². The van der Waals surface area contributed by atoms with Gasteiger partial charge >= 0.3 is 287 Å². The van der Waals surface area contributed by atoms with Crippen LogP contribution in [0.4, 0.5) is 0 Å². The van der Waals surface area contributed by atoms with E-state index in [1.807, 2.05) is 0 Å². The fourth-order valence-corrected chi connectivity index (χ4v) is 19.6. The molecule has 0 spiro atoms. The van der Waals surface area contributed by atoms with Gasteiger partial charge in [0.2, 0.25) is 0 Å². The molecule has 0 aliphatic heterocycles. The summed E-state index contributed by atoms with van der Waals surface area (Å²) in [6.07, 6.45) is 0. The van der Waals surface area contributed by atoms with Gasteiger partial charge in [0.25, 0.3) is 0 Å². The first-order valence-electron chi connectivity index (χ1n) is 16.6. The van der Waals surface area contributed by atoms with E-state index >= 15 is 0 Å². The van der Waals surface area contributed by atoms with E-state index in [9.17, 15) is 0 Å². The van der Waals surface area contributed by atoms with Crippen molar-refractivity contribution >= 4 is 46.7 Å². The molecule has 0 fully saturated rings. The Morgan fingerprint density at radius 2 is 0.739 bits per heavy atom. The number of hydrogen-bond donors (Lipinski definition) is 0.